The fraction of sp³-hybridized carbons (Fsp3) is 0.154. The van der Waals surface area contributed by atoms with E-state index in [0.717, 1.165) is 10.0 Å². The maximum atomic E-state index is 13.2. The van der Waals surface area contributed by atoms with E-state index in [1.54, 1.807) is 18.5 Å². The summed E-state index contributed by atoms with van der Waals surface area (Å²) in [5.41, 5.74) is 1.32. The van der Waals surface area contributed by atoms with Gasteiger partial charge in [-0.15, -0.1) is 0 Å². The zero-order valence-corrected chi connectivity index (χ0v) is 11.6. The molecule has 94 valence electrons. The molecule has 0 saturated carbocycles. The summed E-state index contributed by atoms with van der Waals surface area (Å²) >= 11 is 9.06. The highest BCUT2D eigenvalue weighted by molar-refractivity contribution is 9.10. The summed E-state index contributed by atoms with van der Waals surface area (Å²) in [6, 6.07) is 5.90. The van der Waals surface area contributed by atoms with Crippen molar-refractivity contribution in [3.63, 3.8) is 0 Å². The Morgan fingerprint density at radius 2 is 2.06 bits per heavy atom. The van der Waals surface area contributed by atoms with Crippen LogP contribution >= 0.6 is 27.5 Å². The number of aliphatic hydroxyl groups excluding tert-OH is 1. The number of benzene rings is 1. The van der Waals surface area contributed by atoms with Gasteiger partial charge in [-0.25, -0.2) is 4.39 Å². The van der Waals surface area contributed by atoms with Gasteiger partial charge in [-0.3, -0.25) is 4.98 Å². The van der Waals surface area contributed by atoms with Crippen molar-refractivity contribution >= 4 is 27.5 Å². The van der Waals surface area contributed by atoms with Crippen LogP contribution in [0.15, 0.2) is 41.1 Å². The topological polar surface area (TPSA) is 33.1 Å². The molecule has 0 fully saturated rings. The van der Waals surface area contributed by atoms with Crippen LogP contribution in [0.1, 0.15) is 17.2 Å². The summed E-state index contributed by atoms with van der Waals surface area (Å²) in [6.45, 7) is 0. The van der Waals surface area contributed by atoms with E-state index in [4.69, 9.17) is 11.6 Å². The predicted molar refractivity (Wildman–Crippen MR) is 72.0 cm³/mol. The molecular formula is C13H10BrClFNO. The molecule has 0 aliphatic heterocycles. The van der Waals surface area contributed by atoms with Crippen LogP contribution in [-0.4, -0.2) is 10.1 Å². The number of pyridine rings is 1. The normalized spacial score (nSPS) is 12.4. The van der Waals surface area contributed by atoms with Crippen molar-refractivity contribution in [1.29, 1.82) is 0 Å². The first-order valence-electron chi connectivity index (χ1n) is 5.28. The van der Waals surface area contributed by atoms with Crippen molar-refractivity contribution in [3.8, 4) is 0 Å². The number of hydrogen-bond donors (Lipinski definition) is 1. The lowest BCUT2D eigenvalue weighted by molar-refractivity contribution is 0.178. The highest BCUT2D eigenvalue weighted by Gasteiger charge is 2.11. The molecule has 0 aliphatic rings. The molecule has 2 aromatic rings. The van der Waals surface area contributed by atoms with Crippen LogP contribution in [0.2, 0.25) is 5.02 Å². The first kappa shape index (κ1) is 13.5. The van der Waals surface area contributed by atoms with E-state index >= 15 is 0 Å². The van der Waals surface area contributed by atoms with Crippen LogP contribution in [0.5, 0.6) is 0 Å². The second kappa shape index (κ2) is 5.78. The van der Waals surface area contributed by atoms with E-state index in [-0.39, 0.29) is 5.02 Å². The lowest BCUT2D eigenvalue weighted by Gasteiger charge is -2.11. The summed E-state index contributed by atoms with van der Waals surface area (Å²) in [6.07, 6.45) is 2.87. The van der Waals surface area contributed by atoms with Gasteiger partial charge in [0.05, 0.1) is 6.10 Å². The third-order valence-electron chi connectivity index (χ3n) is 2.46. The summed E-state index contributed by atoms with van der Waals surface area (Å²) in [7, 11) is 0. The number of nitrogens with zero attached hydrogens (tertiary/aromatic N) is 1. The van der Waals surface area contributed by atoms with Crippen LogP contribution in [0.3, 0.4) is 0 Å². The standard InChI is InChI=1S/C13H10BrClFNO/c14-10-1-8(6-17-7-10)2-13(18)9-3-11(15)5-12(16)4-9/h1,3-7,13,18H,2H2. The Morgan fingerprint density at radius 3 is 2.72 bits per heavy atom. The Morgan fingerprint density at radius 1 is 1.28 bits per heavy atom. The summed E-state index contributed by atoms with van der Waals surface area (Å²) < 4.78 is 14.0. The van der Waals surface area contributed by atoms with Crippen molar-refractivity contribution in [2.45, 2.75) is 12.5 Å². The van der Waals surface area contributed by atoms with Crippen molar-refractivity contribution in [2.24, 2.45) is 0 Å². The first-order valence-corrected chi connectivity index (χ1v) is 6.45. The fourth-order valence-electron chi connectivity index (χ4n) is 1.68. The second-order valence-corrected chi connectivity index (χ2v) is 5.29. The lowest BCUT2D eigenvalue weighted by Crippen LogP contribution is -2.02. The van der Waals surface area contributed by atoms with Crippen LogP contribution in [-0.2, 0) is 6.42 Å². The van der Waals surface area contributed by atoms with E-state index < -0.39 is 11.9 Å². The zero-order chi connectivity index (χ0) is 13.1. The van der Waals surface area contributed by atoms with Crippen LogP contribution in [0.25, 0.3) is 0 Å². The van der Waals surface area contributed by atoms with Crippen molar-refractivity contribution in [1.82, 2.24) is 4.98 Å². The molecular weight excluding hydrogens is 321 g/mol. The number of aliphatic hydroxyl groups is 1. The quantitative estimate of drug-likeness (QED) is 0.925. The van der Waals surface area contributed by atoms with E-state index in [9.17, 15) is 9.50 Å². The Balaban J connectivity index is 2.19. The van der Waals surface area contributed by atoms with Gasteiger partial charge in [0.15, 0.2) is 0 Å². The SMILES string of the molecule is OC(Cc1cncc(Br)c1)c1cc(F)cc(Cl)c1. The Kier molecular flexibility index (Phi) is 4.32. The molecule has 1 heterocycles. The number of aromatic nitrogens is 1. The molecule has 1 atom stereocenters. The smallest absolute Gasteiger partial charge is 0.125 e. The van der Waals surface area contributed by atoms with Gasteiger partial charge in [-0.1, -0.05) is 11.6 Å². The molecule has 5 heteroatoms. The van der Waals surface area contributed by atoms with Crippen LogP contribution < -0.4 is 0 Å². The van der Waals surface area contributed by atoms with Gasteiger partial charge in [0.1, 0.15) is 5.82 Å². The minimum absolute atomic E-state index is 0.274. The Labute approximate surface area is 118 Å². The maximum Gasteiger partial charge on any atom is 0.125 e. The lowest BCUT2D eigenvalue weighted by atomic mass is 10.0. The number of rotatable bonds is 3. The minimum atomic E-state index is -0.811. The van der Waals surface area contributed by atoms with Crippen molar-refractivity contribution < 1.29 is 9.50 Å². The predicted octanol–water partition coefficient (Wildman–Crippen LogP) is 3.91. The first-order chi connectivity index (χ1) is 8.54. The molecule has 0 bridgehead atoms. The van der Waals surface area contributed by atoms with Gasteiger partial charge in [0.25, 0.3) is 0 Å². The summed E-state index contributed by atoms with van der Waals surface area (Å²) in [4.78, 5) is 4.01. The number of halogens is 3. The second-order valence-electron chi connectivity index (χ2n) is 3.93. The molecule has 2 rings (SSSR count). The monoisotopic (exact) mass is 329 g/mol. The minimum Gasteiger partial charge on any atom is -0.388 e. The van der Waals surface area contributed by atoms with Gasteiger partial charge in [-0.05, 0) is 51.3 Å². The Hall–Kier alpha value is -0.970. The van der Waals surface area contributed by atoms with E-state index in [0.29, 0.717) is 12.0 Å². The molecule has 1 N–H and O–H groups in total. The molecule has 0 spiro atoms. The van der Waals surface area contributed by atoms with Gasteiger partial charge in [0.2, 0.25) is 0 Å². The largest absolute Gasteiger partial charge is 0.388 e. The molecule has 2 nitrogen and oxygen atoms in total. The van der Waals surface area contributed by atoms with Gasteiger partial charge >= 0.3 is 0 Å². The Bertz CT molecular complexity index is 544. The molecule has 0 aliphatic carbocycles. The molecule has 0 amide bonds. The summed E-state index contributed by atoms with van der Waals surface area (Å²) in [5.74, 6) is -0.455. The van der Waals surface area contributed by atoms with Crippen LogP contribution in [0, 0.1) is 5.82 Å². The molecule has 1 aromatic heterocycles. The van der Waals surface area contributed by atoms with E-state index in [2.05, 4.69) is 20.9 Å². The van der Waals surface area contributed by atoms with Crippen LogP contribution in [0.4, 0.5) is 4.39 Å². The third kappa shape index (κ3) is 3.51. The van der Waals surface area contributed by atoms with E-state index in [1.807, 2.05) is 6.07 Å². The maximum absolute atomic E-state index is 13.2. The highest BCUT2D eigenvalue weighted by Crippen LogP contribution is 2.23. The molecule has 1 aromatic carbocycles. The summed E-state index contributed by atoms with van der Waals surface area (Å²) in [5, 5.41) is 10.3. The molecule has 0 radical (unpaired) electrons. The fourth-order valence-corrected chi connectivity index (χ4v) is 2.32. The average molecular weight is 331 g/mol. The van der Waals surface area contributed by atoms with Gasteiger partial charge in [0, 0.05) is 28.3 Å². The molecule has 0 saturated heterocycles. The third-order valence-corrected chi connectivity index (χ3v) is 3.11. The average Bonchev–Trinajstić information content (AvgIpc) is 2.27. The van der Waals surface area contributed by atoms with Crippen molar-refractivity contribution in [2.75, 3.05) is 0 Å². The molecule has 1 unspecified atom stereocenters. The zero-order valence-electron chi connectivity index (χ0n) is 9.28. The van der Waals surface area contributed by atoms with Gasteiger partial charge in [-0.2, -0.15) is 0 Å². The van der Waals surface area contributed by atoms with E-state index in [1.165, 1.54) is 12.1 Å². The van der Waals surface area contributed by atoms with Crippen molar-refractivity contribution in [3.05, 3.63) is 63.1 Å². The number of hydrogen-bond acceptors (Lipinski definition) is 2. The van der Waals surface area contributed by atoms with Gasteiger partial charge < -0.3 is 5.11 Å². The molecule has 18 heavy (non-hydrogen) atoms. The highest BCUT2D eigenvalue weighted by atomic mass is 79.9.